The third-order valence-electron chi connectivity index (χ3n) is 2.64. The van der Waals surface area contributed by atoms with E-state index in [0.29, 0.717) is 17.8 Å². The zero-order valence-electron chi connectivity index (χ0n) is 10.8. The molecule has 1 atom stereocenters. The van der Waals surface area contributed by atoms with Gasteiger partial charge in [0.1, 0.15) is 12.3 Å². The van der Waals surface area contributed by atoms with Gasteiger partial charge in [0.2, 0.25) is 0 Å². The fraction of sp³-hybridized carbons (Fsp3) is 0.357. The van der Waals surface area contributed by atoms with Crippen molar-refractivity contribution in [3.8, 4) is 0 Å². The molecule has 1 aromatic carbocycles. The molecule has 0 aliphatic rings. The Morgan fingerprint density at radius 2 is 1.95 bits per heavy atom. The summed E-state index contributed by atoms with van der Waals surface area (Å²) < 4.78 is 0. The van der Waals surface area contributed by atoms with Gasteiger partial charge in [-0.3, -0.25) is 4.79 Å². The molecular weight excluding hydrogens is 262 g/mol. The van der Waals surface area contributed by atoms with Crippen molar-refractivity contribution in [1.29, 1.82) is 0 Å². The van der Waals surface area contributed by atoms with Crippen LogP contribution >= 0.6 is 12.2 Å². The molecule has 0 unspecified atom stereocenters. The molecule has 0 amide bonds. The number of hydrogen-bond donors (Lipinski definition) is 2. The van der Waals surface area contributed by atoms with Gasteiger partial charge in [-0.1, -0.05) is 42.5 Å². The highest BCUT2D eigenvalue weighted by atomic mass is 32.1. The molecule has 5 heteroatoms. The van der Waals surface area contributed by atoms with Crippen LogP contribution in [-0.4, -0.2) is 28.4 Å². The first-order valence-corrected chi connectivity index (χ1v) is 6.42. The molecule has 1 rings (SSSR count). The number of aliphatic carboxylic acids is 1. The Bertz CT molecular complexity index is 459. The number of carbonyl (C=O) groups is 2. The lowest BCUT2D eigenvalue weighted by atomic mass is 9.94. The number of benzene rings is 1. The molecule has 0 saturated heterocycles. The molecule has 0 fully saturated rings. The van der Waals surface area contributed by atoms with Crippen LogP contribution in [-0.2, 0) is 16.0 Å². The molecule has 0 bridgehead atoms. The number of carboxylic acid groups (broad SMARTS) is 1. The zero-order chi connectivity index (χ0) is 14.3. The van der Waals surface area contributed by atoms with Gasteiger partial charge in [0.05, 0.1) is 4.99 Å². The Hall–Kier alpha value is -1.75. The molecule has 1 aromatic rings. The second-order valence-corrected chi connectivity index (χ2v) is 4.84. The highest BCUT2D eigenvalue weighted by Gasteiger charge is 2.17. The van der Waals surface area contributed by atoms with E-state index in [1.807, 2.05) is 30.3 Å². The topological polar surface area (TPSA) is 66.4 Å². The van der Waals surface area contributed by atoms with Crippen LogP contribution < -0.4 is 5.32 Å². The van der Waals surface area contributed by atoms with E-state index in [0.717, 1.165) is 5.56 Å². The molecule has 0 aliphatic carbocycles. The van der Waals surface area contributed by atoms with Gasteiger partial charge < -0.3 is 15.2 Å². The SMILES string of the molecule is CC(=O)C[C@@H](Cc1ccccc1)C(=S)NCC(=O)O. The number of carbonyl (C=O) groups excluding carboxylic acids is 1. The third kappa shape index (κ3) is 6.10. The predicted octanol–water partition coefficient (Wildman–Crippen LogP) is 1.83. The first kappa shape index (κ1) is 15.3. The molecule has 0 aromatic heterocycles. The van der Waals surface area contributed by atoms with E-state index in [9.17, 15) is 9.59 Å². The number of carboxylic acids is 1. The quantitative estimate of drug-likeness (QED) is 0.745. The summed E-state index contributed by atoms with van der Waals surface area (Å²) >= 11 is 5.18. The monoisotopic (exact) mass is 279 g/mol. The van der Waals surface area contributed by atoms with Crippen LogP contribution in [0.4, 0.5) is 0 Å². The van der Waals surface area contributed by atoms with Crippen molar-refractivity contribution >= 4 is 29.0 Å². The van der Waals surface area contributed by atoms with Crippen molar-refractivity contribution in [3.63, 3.8) is 0 Å². The number of nitrogens with one attached hydrogen (secondary N) is 1. The minimum atomic E-state index is -0.969. The van der Waals surface area contributed by atoms with E-state index in [1.54, 1.807) is 0 Å². The Labute approximate surface area is 117 Å². The molecule has 0 spiro atoms. The summed E-state index contributed by atoms with van der Waals surface area (Å²) in [6.45, 7) is 1.29. The van der Waals surface area contributed by atoms with Crippen LogP contribution in [0.2, 0.25) is 0 Å². The van der Waals surface area contributed by atoms with E-state index in [-0.39, 0.29) is 18.2 Å². The van der Waals surface area contributed by atoms with E-state index in [1.165, 1.54) is 6.92 Å². The van der Waals surface area contributed by atoms with Gasteiger partial charge in [-0.15, -0.1) is 0 Å². The van der Waals surface area contributed by atoms with E-state index in [4.69, 9.17) is 17.3 Å². The summed E-state index contributed by atoms with van der Waals surface area (Å²) in [5, 5.41) is 11.3. The van der Waals surface area contributed by atoms with Crippen molar-refractivity contribution in [3.05, 3.63) is 35.9 Å². The molecule has 0 radical (unpaired) electrons. The average Bonchev–Trinajstić information content (AvgIpc) is 2.36. The Morgan fingerprint density at radius 1 is 1.32 bits per heavy atom. The first-order valence-electron chi connectivity index (χ1n) is 6.02. The number of Topliss-reactive ketones (excluding diaryl/α,β-unsaturated/α-hetero) is 1. The zero-order valence-corrected chi connectivity index (χ0v) is 11.6. The summed E-state index contributed by atoms with van der Waals surface area (Å²) in [6.07, 6.45) is 0.951. The summed E-state index contributed by atoms with van der Waals surface area (Å²) in [7, 11) is 0. The third-order valence-corrected chi connectivity index (χ3v) is 3.12. The molecule has 0 heterocycles. The smallest absolute Gasteiger partial charge is 0.322 e. The van der Waals surface area contributed by atoms with E-state index < -0.39 is 5.97 Å². The lowest BCUT2D eigenvalue weighted by molar-refractivity contribution is -0.135. The summed E-state index contributed by atoms with van der Waals surface area (Å²) in [4.78, 5) is 22.2. The number of ketones is 1. The molecule has 0 saturated carbocycles. The number of hydrogen-bond acceptors (Lipinski definition) is 3. The molecule has 102 valence electrons. The van der Waals surface area contributed by atoms with Gasteiger partial charge in [0.25, 0.3) is 0 Å². The summed E-state index contributed by atoms with van der Waals surface area (Å²) in [5.74, 6) is -1.08. The Kier molecular flexibility index (Phi) is 6.15. The second kappa shape index (κ2) is 7.63. The molecule has 2 N–H and O–H groups in total. The maximum atomic E-state index is 11.3. The van der Waals surface area contributed by atoms with Crippen molar-refractivity contribution in [2.75, 3.05) is 6.54 Å². The average molecular weight is 279 g/mol. The van der Waals surface area contributed by atoms with Gasteiger partial charge in [0, 0.05) is 12.3 Å². The van der Waals surface area contributed by atoms with Crippen molar-refractivity contribution < 1.29 is 14.7 Å². The second-order valence-electron chi connectivity index (χ2n) is 4.40. The summed E-state index contributed by atoms with van der Waals surface area (Å²) in [5.41, 5.74) is 1.08. The van der Waals surface area contributed by atoms with Gasteiger partial charge in [-0.25, -0.2) is 0 Å². The lowest BCUT2D eigenvalue weighted by Crippen LogP contribution is -2.35. The lowest BCUT2D eigenvalue weighted by Gasteiger charge is -2.17. The van der Waals surface area contributed by atoms with Gasteiger partial charge in [0.15, 0.2) is 0 Å². The van der Waals surface area contributed by atoms with Gasteiger partial charge in [-0.05, 0) is 18.9 Å². The highest BCUT2D eigenvalue weighted by molar-refractivity contribution is 7.80. The maximum absolute atomic E-state index is 11.3. The Morgan fingerprint density at radius 3 is 2.47 bits per heavy atom. The van der Waals surface area contributed by atoms with E-state index >= 15 is 0 Å². The minimum Gasteiger partial charge on any atom is -0.480 e. The number of thiocarbonyl (C=S) groups is 1. The fourth-order valence-electron chi connectivity index (χ4n) is 1.81. The van der Waals surface area contributed by atoms with Crippen LogP contribution in [0.15, 0.2) is 30.3 Å². The van der Waals surface area contributed by atoms with Gasteiger partial charge in [-0.2, -0.15) is 0 Å². The Balaban J connectivity index is 2.68. The first-order chi connectivity index (χ1) is 8.99. The largest absolute Gasteiger partial charge is 0.480 e. The maximum Gasteiger partial charge on any atom is 0.322 e. The predicted molar refractivity (Wildman–Crippen MR) is 77.2 cm³/mol. The minimum absolute atomic E-state index is 0.0420. The standard InChI is InChI=1S/C14H17NO3S/c1-10(16)7-12(14(19)15-9-13(17)18)8-11-5-3-2-4-6-11/h2-6,12H,7-9H2,1H3,(H,15,19)(H,17,18)/t12-/m0/s1. The van der Waals surface area contributed by atoms with Crippen LogP contribution in [0.1, 0.15) is 18.9 Å². The van der Waals surface area contributed by atoms with Crippen LogP contribution in [0.3, 0.4) is 0 Å². The van der Waals surface area contributed by atoms with Crippen molar-refractivity contribution in [2.45, 2.75) is 19.8 Å². The van der Waals surface area contributed by atoms with Crippen LogP contribution in [0.25, 0.3) is 0 Å². The summed E-state index contributed by atoms with van der Waals surface area (Å²) in [6, 6.07) is 9.70. The highest BCUT2D eigenvalue weighted by Crippen LogP contribution is 2.14. The molecular formula is C14H17NO3S. The van der Waals surface area contributed by atoms with Crippen molar-refractivity contribution in [1.82, 2.24) is 5.32 Å². The van der Waals surface area contributed by atoms with Crippen LogP contribution in [0, 0.1) is 5.92 Å². The molecule has 0 aliphatic heterocycles. The molecule has 4 nitrogen and oxygen atoms in total. The fourth-order valence-corrected chi connectivity index (χ4v) is 2.05. The molecule has 19 heavy (non-hydrogen) atoms. The number of rotatable bonds is 7. The van der Waals surface area contributed by atoms with Crippen LogP contribution in [0.5, 0.6) is 0 Å². The van der Waals surface area contributed by atoms with E-state index in [2.05, 4.69) is 5.32 Å². The van der Waals surface area contributed by atoms with Gasteiger partial charge >= 0.3 is 5.97 Å². The van der Waals surface area contributed by atoms with Crippen molar-refractivity contribution in [2.24, 2.45) is 5.92 Å². The normalized spacial score (nSPS) is 11.6.